The van der Waals surface area contributed by atoms with Crippen LogP contribution in [0.5, 0.6) is 0 Å². The van der Waals surface area contributed by atoms with Gasteiger partial charge in [0, 0.05) is 18.5 Å². The second-order valence-corrected chi connectivity index (χ2v) is 4.46. The van der Waals surface area contributed by atoms with Crippen LogP contribution >= 0.6 is 0 Å². The first-order valence-electron chi connectivity index (χ1n) is 6.58. The van der Waals surface area contributed by atoms with Gasteiger partial charge in [-0.15, -0.1) is 0 Å². The number of hydrogen-bond acceptors (Lipinski definition) is 6. The van der Waals surface area contributed by atoms with Crippen LogP contribution < -0.4 is 11.3 Å². The average Bonchev–Trinajstić information content (AvgIpc) is 2.53. The van der Waals surface area contributed by atoms with Gasteiger partial charge in [0.2, 0.25) is 0 Å². The van der Waals surface area contributed by atoms with Crippen molar-refractivity contribution in [2.75, 3.05) is 31.7 Å². The Morgan fingerprint density at radius 3 is 2.52 bits per heavy atom. The predicted molar refractivity (Wildman–Crippen MR) is 79.6 cm³/mol. The number of pyridine rings is 1. The number of aliphatic hydroxyl groups excluding tert-OH is 2. The maximum absolute atomic E-state index is 12.6. The lowest BCUT2D eigenvalue weighted by molar-refractivity contribution is 0.0687. The highest BCUT2D eigenvalue weighted by atomic mass is 16.3. The van der Waals surface area contributed by atoms with Crippen LogP contribution in [0, 0.1) is 0 Å². The fraction of sp³-hybridized carbons (Fsp3) is 0.286. The summed E-state index contributed by atoms with van der Waals surface area (Å²) in [7, 11) is 0. The molecule has 0 aliphatic heterocycles. The largest absolute Gasteiger partial charge is 0.395 e. The van der Waals surface area contributed by atoms with Crippen molar-refractivity contribution < 1.29 is 15.0 Å². The van der Waals surface area contributed by atoms with Gasteiger partial charge in [0.05, 0.1) is 24.3 Å². The molecule has 0 atom stereocenters. The number of para-hydroxylation sites is 1. The van der Waals surface area contributed by atoms with Crippen molar-refractivity contribution in [3.8, 4) is 0 Å². The third-order valence-electron chi connectivity index (χ3n) is 3.12. The van der Waals surface area contributed by atoms with E-state index in [1.807, 2.05) is 12.1 Å². The summed E-state index contributed by atoms with van der Waals surface area (Å²) in [4.78, 5) is 18.3. The minimum atomic E-state index is -0.284. The molecule has 0 spiro atoms. The zero-order chi connectivity index (χ0) is 15.2. The van der Waals surface area contributed by atoms with Gasteiger partial charge in [-0.25, -0.2) is 10.8 Å². The molecule has 2 rings (SSSR count). The van der Waals surface area contributed by atoms with E-state index in [1.54, 1.807) is 18.2 Å². The van der Waals surface area contributed by atoms with Gasteiger partial charge in [0.25, 0.3) is 5.91 Å². The Hall–Kier alpha value is -2.22. The van der Waals surface area contributed by atoms with E-state index in [1.165, 1.54) is 4.90 Å². The second kappa shape index (κ2) is 6.98. The third kappa shape index (κ3) is 3.27. The first-order chi connectivity index (χ1) is 10.2. The molecule has 0 fully saturated rings. The average molecular weight is 290 g/mol. The molecule has 0 radical (unpaired) electrons. The number of benzene rings is 1. The van der Waals surface area contributed by atoms with E-state index >= 15 is 0 Å². The maximum Gasteiger partial charge on any atom is 0.254 e. The number of nitrogens with two attached hydrogens (primary N) is 1. The molecule has 5 N–H and O–H groups in total. The first-order valence-corrected chi connectivity index (χ1v) is 6.58. The summed E-state index contributed by atoms with van der Waals surface area (Å²) in [6.45, 7) is -0.0314. The number of hydrogen-bond donors (Lipinski definition) is 4. The molecule has 0 unspecified atom stereocenters. The topological polar surface area (TPSA) is 112 Å². The van der Waals surface area contributed by atoms with Crippen LogP contribution in [-0.2, 0) is 0 Å². The van der Waals surface area contributed by atoms with E-state index in [0.717, 1.165) is 0 Å². The summed E-state index contributed by atoms with van der Waals surface area (Å²) >= 11 is 0. The quantitative estimate of drug-likeness (QED) is 0.438. The number of aliphatic hydroxyl groups is 2. The number of hydrazine groups is 1. The van der Waals surface area contributed by atoms with Crippen LogP contribution in [0.3, 0.4) is 0 Å². The standard InChI is InChI=1S/C14H18N4O3/c15-17-13-9-11(10-3-1-2-4-12(10)16-13)14(21)18(5-7-19)6-8-20/h1-4,9,19-20H,5-8,15H2,(H,16,17). The van der Waals surface area contributed by atoms with Crippen molar-refractivity contribution in [2.24, 2.45) is 5.84 Å². The second-order valence-electron chi connectivity index (χ2n) is 4.46. The van der Waals surface area contributed by atoms with Crippen molar-refractivity contribution >= 4 is 22.6 Å². The van der Waals surface area contributed by atoms with Gasteiger partial charge in [-0.2, -0.15) is 0 Å². The van der Waals surface area contributed by atoms with Crippen LogP contribution in [0.15, 0.2) is 30.3 Å². The monoisotopic (exact) mass is 290 g/mol. The minimum absolute atomic E-state index is 0.154. The lowest BCUT2D eigenvalue weighted by atomic mass is 10.1. The lowest BCUT2D eigenvalue weighted by Gasteiger charge is -2.21. The Balaban J connectivity index is 2.50. The van der Waals surface area contributed by atoms with E-state index < -0.39 is 0 Å². The third-order valence-corrected chi connectivity index (χ3v) is 3.12. The first kappa shape index (κ1) is 15.2. The van der Waals surface area contributed by atoms with E-state index in [9.17, 15) is 4.79 Å². The van der Waals surface area contributed by atoms with Crippen LogP contribution in [-0.4, -0.2) is 52.3 Å². The number of nitrogens with zero attached hydrogens (tertiary/aromatic N) is 2. The van der Waals surface area contributed by atoms with Gasteiger partial charge in [-0.3, -0.25) is 4.79 Å². The molecule has 112 valence electrons. The summed E-state index contributed by atoms with van der Waals surface area (Å²) in [5.74, 6) is 5.48. The molecule has 1 aromatic carbocycles. The lowest BCUT2D eigenvalue weighted by Crippen LogP contribution is -2.36. The number of amides is 1. The SMILES string of the molecule is NNc1cc(C(=O)N(CCO)CCO)c2ccccc2n1. The van der Waals surface area contributed by atoms with Gasteiger partial charge >= 0.3 is 0 Å². The van der Waals surface area contributed by atoms with Crippen LogP contribution in [0.25, 0.3) is 10.9 Å². The highest BCUT2D eigenvalue weighted by molar-refractivity contribution is 6.06. The fourth-order valence-electron chi connectivity index (χ4n) is 2.15. The molecule has 2 aromatic rings. The highest BCUT2D eigenvalue weighted by Crippen LogP contribution is 2.21. The number of rotatable bonds is 6. The highest BCUT2D eigenvalue weighted by Gasteiger charge is 2.18. The molecule has 0 saturated heterocycles. The number of nitrogen functional groups attached to an aromatic ring is 1. The van der Waals surface area contributed by atoms with Crippen LogP contribution in [0.4, 0.5) is 5.82 Å². The molecule has 1 aromatic heterocycles. The zero-order valence-electron chi connectivity index (χ0n) is 11.5. The number of fused-ring (bicyclic) bond motifs is 1. The van der Waals surface area contributed by atoms with E-state index in [2.05, 4.69) is 10.4 Å². The number of aromatic nitrogens is 1. The summed E-state index contributed by atoms with van der Waals surface area (Å²) in [5, 5.41) is 18.8. The summed E-state index contributed by atoms with van der Waals surface area (Å²) in [6, 6.07) is 8.79. The molecule has 0 saturated carbocycles. The van der Waals surface area contributed by atoms with Gasteiger partial charge in [0.15, 0.2) is 0 Å². The molecule has 0 aliphatic rings. The van der Waals surface area contributed by atoms with Crippen molar-refractivity contribution in [3.05, 3.63) is 35.9 Å². The van der Waals surface area contributed by atoms with E-state index in [4.69, 9.17) is 16.1 Å². The van der Waals surface area contributed by atoms with Crippen LogP contribution in [0.2, 0.25) is 0 Å². The number of anilines is 1. The predicted octanol–water partition coefficient (Wildman–Crippen LogP) is -0.0528. The molecular weight excluding hydrogens is 272 g/mol. The minimum Gasteiger partial charge on any atom is -0.395 e. The molecule has 0 aliphatic carbocycles. The van der Waals surface area contributed by atoms with Crippen molar-refractivity contribution in [2.45, 2.75) is 0 Å². The Morgan fingerprint density at radius 1 is 1.24 bits per heavy atom. The van der Waals surface area contributed by atoms with Crippen molar-refractivity contribution in [1.29, 1.82) is 0 Å². The number of carbonyl (C=O) groups excluding carboxylic acids is 1. The van der Waals surface area contributed by atoms with Crippen molar-refractivity contribution in [1.82, 2.24) is 9.88 Å². The zero-order valence-corrected chi connectivity index (χ0v) is 11.5. The van der Waals surface area contributed by atoms with Gasteiger partial charge in [-0.1, -0.05) is 18.2 Å². The summed E-state index contributed by atoms with van der Waals surface area (Å²) < 4.78 is 0. The smallest absolute Gasteiger partial charge is 0.254 e. The van der Waals surface area contributed by atoms with Crippen LogP contribution in [0.1, 0.15) is 10.4 Å². The Bertz CT molecular complexity index is 627. The molecular formula is C14H18N4O3. The summed E-state index contributed by atoms with van der Waals surface area (Å²) in [5.41, 5.74) is 3.51. The Kier molecular flexibility index (Phi) is 5.04. The van der Waals surface area contributed by atoms with E-state index in [-0.39, 0.29) is 32.2 Å². The van der Waals surface area contributed by atoms with Gasteiger partial charge in [0.1, 0.15) is 5.82 Å². The van der Waals surface area contributed by atoms with Crippen molar-refractivity contribution in [3.63, 3.8) is 0 Å². The Morgan fingerprint density at radius 2 is 1.90 bits per heavy atom. The van der Waals surface area contributed by atoms with E-state index in [0.29, 0.717) is 22.3 Å². The van der Waals surface area contributed by atoms with Gasteiger partial charge < -0.3 is 20.5 Å². The van der Waals surface area contributed by atoms with Gasteiger partial charge in [-0.05, 0) is 12.1 Å². The fourth-order valence-corrected chi connectivity index (χ4v) is 2.15. The molecule has 7 heteroatoms. The molecule has 0 bridgehead atoms. The summed E-state index contributed by atoms with van der Waals surface area (Å²) in [6.07, 6.45) is 0. The molecule has 7 nitrogen and oxygen atoms in total. The number of carbonyl (C=O) groups is 1. The molecule has 21 heavy (non-hydrogen) atoms. The normalized spacial score (nSPS) is 10.6. The Labute approximate surface area is 122 Å². The molecule has 1 heterocycles. The number of nitrogens with one attached hydrogen (secondary N) is 1. The maximum atomic E-state index is 12.6. The molecule has 1 amide bonds.